The van der Waals surface area contributed by atoms with Crippen molar-refractivity contribution >= 4 is 23.4 Å². The Morgan fingerprint density at radius 3 is 2.61 bits per heavy atom. The first-order valence-electron chi connectivity index (χ1n) is 9.31. The molecule has 3 aliphatic carbocycles. The molecule has 5 rings (SSSR count). The number of hydrogen-bond donors (Lipinski definition) is 2. The second kappa shape index (κ2) is 7.09. The van der Waals surface area contributed by atoms with E-state index < -0.39 is 0 Å². The number of nitrogens with zero attached hydrogens (tertiary/aromatic N) is 1. The maximum absolute atomic E-state index is 12.4. The number of halogens is 1. The van der Waals surface area contributed by atoms with Gasteiger partial charge in [-0.3, -0.25) is 14.6 Å². The third kappa shape index (κ3) is 3.69. The molecule has 1 aromatic carbocycles. The molecule has 0 atom stereocenters. The fourth-order valence-electron chi connectivity index (χ4n) is 4.38. The molecule has 2 amide bonds. The van der Waals surface area contributed by atoms with E-state index in [2.05, 4.69) is 15.6 Å². The Labute approximate surface area is 168 Å². The van der Waals surface area contributed by atoms with Crippen LogP contribution < -0.4 is 15.4 Å². The molecule has 0 saturated heterocycles. The molecule has 2 bridgehead atoms. The summed E-state index contributed by atoms with van der Waals surface area (Å²) in [5, 5.41) is 6.90. The van der Waals surface area contributed by atoms with E-state index in [-0.39, 0.29) is 29.5 Å². The van der Waals surface area contributed by atoms with Gasteiger partial charge in [0, 0.05) is 28.5 Å². The number of fused-ring (bicyclic) bond motifs is 1. The van der Waals surface area contributed by atoms with Crippen molar-refractivity contribution in [1.82, 2.24) is 15.6 Å². The summed E-state index contributed by atoms with van der Waals surface area (Å²) >= 11 is 6.00. The fourth-order valence-corrected chi connectivity index (χ4v) is 4.49. The summed E-state index contributed by atoms with van der Waals surface area (Å²) in [5.74, 6) is 0.353. The number of aromatic nitrogens is 1. The average Bonchev–Trinajstić information content (AvgIpc) is 3.18. The average molecular weight is 400 g/mol. The van der Waals surface area contributed by atoms with Crippen LogP contribution in [-0.4, -0.2) is 34.5 Å². The van der Waals surface area contributed by atoms with Crippen LogP contribution in [0.15, 0.2) is 42.7 Å². The van der Waals surface area contributed by atoms with Crippen molar-refractivity contribution in [3.8, 4) is 5.75 Å². The molecule has 28 heavy (non-hydrogen) atoms. The van der Waals surface area contributed by atoms with Crippen molar-refractivity contribution in [2.45, 2.75) is 43.7 Å². The van der Waals surface area contributed by atoms with Crippen LogP contribution >= 0.6 is 11.6 Å². The minimum absolute atomic E-state index is 0.0438. The van der Waals surface area contributed by atoms with E-state index in [1.54, 1.807) is 36.7 Å². The van der Waals surface area contributed by atoms with Gasteiger partial charge in [-0.1, -0.05) is 11.6 Å². The molecule has 2 aromatic rings. The molecule has 1 aromatic heterocycles. The Kier molecular flexibility index (Phi) is 4.75. The Morgan fingerprint density at radius 1 is 1.18 bits per heavy atom. The molecule has 0 aliphatic heterocycles. The van der Waals surface area contributed by atoms with Gasteiger partial charge in [-0.15, -0.1) is 0 Å². The molecule has 3 saturated carbocycles. The van der Waals surface area contributed by atoms with Crippen molar-refractivity contribution in [3.63, 3.8) is 0 Å². The largest absolute Gasteiger partial charge is 0.484 e. The van der Waals surface area contributed by atoms with Gasteiger partial charge in [0.25, 0.3) is 11.8 Å². The molecule has 7 heteroatoms. The summed E-state index contributed by atoms with van der Waals surface area (Å²) in [6.07, 6.45) is 6.41. The molecule has 0 spiro atoms. The van der Waals surface area contributed by atoms with Gasteiger partial charge >= 0.3 is 0 Å². The zero-order valence-corrected chi connectivity index (χ0v) is 16.4. The van der Waals surface area contributed by atoms with Gasteiger partial charge in [0.15, 0.2) is 6.61 Å². The molecule has 0 unspecified atom stereocenters. The summed E-state index contributed by atoms with van der Waals surface area (Å²) in [4.78, 5) is 28.7. The predicted octanol–water partition coefficient (Wildman–Crippen LogP) is 3.03. The Hall–Kier alpha value is -2.60. The fraction of sp³-hybridized carbons (Fsp3) is 0.381. The molecule has 3 aliphatic rings. The number of aryl methyl sites for hydroxylation is 1. The highest BCUT2D eigenvalue weighted by atomic mass is 35.5. The summed E-state index contributed by atoms with van der Waals surface area (Å²) in [6, 6.07) is 8.81. The van der Waals surface area contributed by atoms with E-state index in [0.29, 0.717) is 16.3 Å². The highest BCUT2D eigenvalue weighted by Crippen LogP contribution is 2.55. The summed E-state index contributed by atoms with van der Waals surface area (Å²) in [5.41, 5.74) is 0.992. The number of carbonyl (C=O) groups excluding carboxylic acids is 2. The minimum atomic E-state index is -0.238. The quantitative estimate of drug-likeness (QED) is 0.782. The second-order valence-corrected chi connectivity index (χ2v) is 8.27. The number of pyridine rings is 1. The number of benzene rings is 1. The second-order valence-electron chi connectivity index (χ2n) is 7.86. The summed E-state index contributed by atoms with van der Waals surface area (Å²) in [7, 11) is 0. The first kappa shape index (κ1) is 18.7. The summed E-state index contributed by atoms with van der Waals surface area (Å²) in [6.45, 7) is 1.85. The zero-order chi connectivity index (χ0) is 19.8. The van der Waals surface area contributed by atoms with E-state index >= 15 is 0 Å². The minimum Gasteiger partial charge on any atom is -0.484 e. The van der Waals surface area contributed by atoms with Crippen LogP contribution in [0.25, 0.3) is 0 Å². The van der Waals surface area contributed by atoms with Crippen molar-refractivity contribution in [1.29, 1.82) is 0 Å². The number of rotatable bonds is 6. The highest BCUT2D eigenvalue weighted by Gasteiger charge is 2.62. The lowest BCUT2D eigenvalue weighted by Gasteiger charge is -2.48. The van der Waals surface area contributed by atoms with Gasteiger partial charge in [0.05, 0.1) is 5.56 Å². The first-order valence-corrected chi connectivity index (χ1v) is 9.69. The van der Waals surface area contributed by atoms with Crippen LogP contribution in [0.4, 0.5) is 0 Å². The maximum atomic E-state index is 12.4. The smallest absolute Gasteiger partial charge is 0.258 e. The van der Waals surface area contributed by atoms with Crippen LogP contribution in [0, 0.1) is 6.92 Å². The Bertz CT molecular complexity index is 910. The van der Waals surface area contributed by atoms with Crippen LogP contribution in [0.3, 0.4) is 0 Å². The van der Waals surface area contributed by atoms with Crippen molar-refractivity contribution in [3.05, 3.63) is 58.9 Å². The monoisotopic (exact) mass is 399 g/mol. The number of nitrogens with one attached hydrogen (secondary N) is 2. The number of hydrogen-bond acceptors (Lipinski definition) is 4. The lowest BCUT2D eigenvalue weighted by molar-refractivity contribution is -0.126. The maximum Gasteiger partial charge on any atom is 0.258 e. The van der Waals surface area contributed by atoms with Crippen LogP contribution in [0.1, 0.15) is 41.6 Å². The van der Waals surface area contributed by atoms with Gasteiger partial charge in [-0.25, -0.2) is 0 Å². The van der Waals surface area contributed by atoms with E-state index in [1.807, 2.05) is 13.0 Å². The van der Waals surface area contributed by atoms with Crippen molar-refractivity contribution in [2.24, 2.45) is 0 Å². The lowest BCUT2D eigenvalue weighted by Crippen LogP contribution is -2.64. The van der Waals surface area contributed by atoms with Crippen LogP contribution in [0.2, 0.25) is 5.02 Å². The topological polar surface area (TPSA) is 80.3 Å². The van der Waals surface area contributed by atoms with E-state index in [4.69, 9.17) is 16.3 Å². The molecule has 3 fully saturated rings. The lowest BCUT2D eigenvalue weighted by atomic mass is 9.71. The van der Waals surface area contributed by atoms with Crippen LogP contribution in [0.5, 0.6) is 5.75 Å². The van der Waals surface area contributed by atoms with E-state index in [9.17, 15) is 9.59 Å². The van der Waals surface area contributed by atoms with Gasteiger partial charge in [-0.05, 0) is 68.5 Å². The Morgan fingerprint density at radius 2 is 1.93 bits per heavy atom. The molecule has 6 nitrogen and oxygen atoms in total. The molecule has 0 radical (unpaired) electrons. The van der Waals surface area contributed by atoms with Crippen molar-refractivity contribution in [2.75, 3.05) is 6.61 Å². The third-order valence-electron chi connectivity index (χ3n) is 5.64. The first-order chi connectivity index (χ1) is 13.4. The van der Waals surface area contributed by atoms with Gasteiger partial charge in [-0.2, -0.15) is 0 Å². The van der Waals surface area contributed by atoms with Crippen LogP contribution in [-0.2, 0) is 4.79 Å². The Balaban J connectivity index is 1.28. The van der Waals surface area contributed by atoms with Crippen molar-refractivity contribution < 1.29 is 14.3 Å². The normalized spacial score (nSPS) is 24.9. The summed E-state index contributed by atoms with van der Waals surface area (Å²) < 4.78 is 5.58. The molecular formula is C21H22ClN3O3. The van der Waals surface area contributed by atoms with E-state index in [1.165, 1.54) is 0 Å². The third-order valence-corrected chi connectivity index (χ3v) is 6.07. The van der Waals surface area contributed by atoms with Gasteiger partial charge in [0.1, 0.15) is 5.75 Å². The SMILES string of the molecule is Cc1cc(OCC(=O)NC23CCC(NC(=O)c4cccnc4)(C2)C3)ccc1Cl. The molecule has 1 heterocycles. The van der Waals surface area contributed by atoms with Gasteiger partial charge < -0.3 is 15.4 Å². The number of amides is 2. The molecule has 146 valence electrons. The highest BCUT2D eigenvalue weighted by molar-refractivity contribution is 6.31. The van der Waals surface area contributed by atoms with E-state index in [0.717, 1.165) is 31.2 Å². The number of carbonyl (C=O) groups is 2. The molecule has 2 N–H and O–H groups in total. The number of ether oxygens (including phenoxy) is 1. The molecular weight excluding hydrogens is 378 g/mol. The van der Waals surface area contributed by atoms with Gasteiger partial charge in [0.2, 0.25) is 0 Å². The predicted molar refractivity (Wildman–Crippen MR) is 105 cm³/mol. The zero-order valence-electron chi connectivity index (χ0n) is 15.6. The standard InChI is InChI=1S/C21H22ClN3O3/c1-14-9-16(4-5-17(14)22)28-11-18(26)24-20-6-7-21(12-20,13-20)25-19(27)15-3-2-8-23-10-15/h2-5,8-10H,6-7,11-13H2,1H3,(H,24,26)(H,25,27).